The molecule has 50 valence electrons. The molecule has 0 rings (SSSR count). The van der Waals surface area contributed by atoms with Gasteiger partial charge in [-0.2, -0.15) is 0 Å². The molecule has 0 aliphatic heterocycles. The Hall–Kier alpha value is -1.12. The Morgan fingerprint density at radius 1 is 1.78 bits per heavy atom. The molecule has 0 bridgehead atoms. The van der Waals surface area contributed by atoms with Crippen molar-refractivity contribution in [3.63, 3.8) is 0 Å². The van der Waals surface area contributed by atoms with Gasteiger partial charge in [0.2, 0.25) is 0 Å². The van der Waals surface area contributed by atoms with Crippen LogP contribution in [0.1, 0.15) is 6.42 Å². The number of carbonyl (C=O) groups is 2. The number of hydrogen-bond donors (Lipinski definition) is 1. The van der Waals surface area contributed by atoms with Crippen molar-refractivity contribution < 1.29 is 14.7 Å². The van der Waals surface area contributed by atoms with Gasteiger partial charge >= 0.3 is 5.97 Å². The molecule has 0 aliphatic carbocycles. The molecule has 0 spiro atoms. The fraction of sp³-hybridized carbons (Fsp3) is 0.333. The lowest BCUT2D eigenvalue weighted by Crippen LogP contribution is -2.10. The second-order valence-corrected chi connectivity index (χ2v) is 1.58. The molecule has 0 aromatic heterocycles. The molecule has 1 N–H and O–H groups in total. The van der Waals surface area contributed by atoms with Gasteiger partial charge in [-0.1, -0.05) is 6.08 Å². The second-order valence-electron chi connectivity index (χ2n) is 1.58. The van der Waals surface area contributed by atoms with Crippen LogP contribution < -0.4 is 0 Å². The van der Waals surface area contributed by atoms with Crippen LogP contribution >= 0.6 is 0 Å². The maximum absolute atomic E-state index is 10.1. The summed E-state index contributed by atoms with van der Waals surface area (Å²) in [7, 11) is 0. The van der Waals surface area contributed by atoms with Gasteiger partial charge in [-0.3, -0.25) is 4.79 Å². The third kappa shape index (κ3) is 2.64. The molecule has 3 heteroatoms. The molecule has 0 saturated carbocycles. The van der Waals surface area contributed by atoms with E-state index in [1.165, 1.54) is 6.08 Å². The molecule has 0 radical (unpaired) electrons. The van der Waals surface area contributed by atoms with E-state index in [0.717, 1.165) is 0 Å². The zero-order valence-corrected chi connectivity index (χ0v) is 4.91. The molecule has 9 heavy (non-hydrogen) atoms. The van der Waals surface area contributed by atoms with Crippen LogP contribution in [0.2, 0.25) is 0 Å². The SMILES string of the molecule is C=CC(CC=O)C(=O)O. The number of carbonyl (C=O) groups excluding carboxylic acids is 1. The minimum atomic E-state index is -1.00. The predicted octanol–water partition coefficient (Wildman–Crippen LogP) is 0.462. The summed E-state index contributed by atoms with van der Waals surface area (Å²) in [6.45, 7) is 3.26. The number of aliphatic carboxylic acids is 1. The van der Waals surface area contributed by atoms with Crippen molar-refractivity contribution in [2.24, 2.45) is 5.92 Å². The zero-order chi connectivity index (χ0) is 7.28. The first-order valence-electron chi connectivity index (χ1n) is 2.51. The lowest BCUT2D eigenvalue weighted by atomic mass is 10.1. The number of hydrogen-bond acceptors (Lipinski definition) is 2. The molecule has 0 aromatic rings. The lowest BCUT2D eigenvalue weighted by molar-refractivity contribution is -0.141. The highest BCUT2D eigenvalue weighted by molar-refractivity contribution is 5.75. The van der Waals surface area contributed by atoms with Crippen LogP contribution in [0.15, 0.2) is 12.7 Å². The summed E-state index contributed by atoms with van der Waals surface area (Å²) < 4.78 is 0. The Labute approximate surface area is 53.0 Å². The predicted molar refractivity (Wildman–Crippen MR) is 32.0 cm³/mol. The number of rotatable bonds is 4. The molecule has 0 aromatic carbocycles. The van der Waals surface area contributed by atoms with Gasteiger partial charge in [0.25, 0.3) is 0 Å². The summed E-state index contributed by atoms with van der Waals surface area (Å²) in [6, 6.07) is 0. The Morgan fingerprint density at radius 3 is 2.44 bits per heavy atom. The minimum Gasteiger partial charge on any atom is -0.481 e. The standard InChI is InChI=1S/C6H8O3/c1-2-5(3-4-7)6(8)9/h2,4-5H,1,3H2,(H,8,9). The van der Waals surface area contributed by atoms with Crippen molar-refractivity contribution in [2.45, 2.75) is 6.42 Å². The molecule has 3 nitrogen and oxygen atoms in total. The van der Waals surface area contributed by atoms with Gasteiger partial charge in [-0.15, -0.1) is 6.58 Å². The fourth-order valence-corrected chi connectivity index (χ4v) is 0.402. The summed E-state index contributed by atoms with van der Waals surface area (Å²) in [6.07, 6.45) is 1.83. The van der Waals surface area contributed by atoms with E-state index in [9.17, 15) is 9.59 Å². The van der Waals surface area contributed by atoms with Gasteiger partial charge in [0.05, 0.1) is 5.92 Å². The molecule has 1 atom stereocenters. The third-order valence-corrected chi connectivity index (χ3v) is 0.952. The van der Waals surface area contributed by atoms with Gasteiger partial charge in [-0.25, -0.2) is 0 Å². The van der Waals surface area contributed by atoms with E-state index in [-0.39, 0.29) is 6.42 Å². The first-order valence-corrected chi connectivity index (χ1v) is 2.51. The van der Waals surface area contributed by atoms with E-state index in [1.807, 2.05) is 0 Å². The summed E-state index contributed by atoms with van der Waals surface area (Å²) in [5, 5.41) is 8.27. The second kappa shape index (κ2) is 3.83. The molecule has 0 amide bonds. The Balaban J connectivity index is 3.81. The largest absolute Gasteiger partial charge is 0.481 e. The molecule has 0 saturated heterocycles. The maximum atomic E-state index is 10.1. The number of aldehydes is 1. The van der Waals surface area contributed by atoms with E-state index in [2.05, 4.69) is 6.58 Å². The van der Waals surface area contributed by atoms with Crippen LogP contribution in [0, 0.1) is 5.92 Å². The van der Waals surface area contributed by atoms with Crippen LogP contribution in [0.3, 0.4) is 0 Å². The van der Waals surface area contributed by atoms with Crippen LogP contribution in [0.25, 0.3) is 0 Å². The van der Waals surface area contributed by atoms with Crippen molar-refractivity contribution in [2.75, 3.05) is 0 Å². The third-order valence-electron chi connectivity index (χ3n) is 0.952. The van der Waals surface area contributed by atoms with Crippen LogP contribution in [-0.4, -0.2) is 17.4 Å². The van der Waals surface area contributed by atoms with Gasteiger partial charge in [0.15, 0.2) is 0 Å². The summed E-state index contributed by atoms with van der Waals surface area (Å²) in [5.74, 6) is -1.72. The topological polar surface area (TPSA) is 54.4 Å². The summed E-state index contributed by atoms with van der Waals surface area (Å²) >= 11 is 0. The Bertz CT molecular complexity index is 128. The van der Waals surface area contributed by atoms with Crippen molar-refractivity contribution >= 4 is 12.3 Å². The number of carboxylic acids is 1. The smallest absolute Gasteiger partial charge is 0.310 e. The summed E-state index contributed by atoms with van der Waals surface area (Å²) in [4.78, 5) is 19.9. The van der Waals surface area contributed by atoms with Crippen LogP contribution in [0.4, 0.5) is 0 Å². The number of carboxylic acid groups (broad SMARTS) is 1. The monoisotopic (exact) mass is 128 g/mol. The highest BCUT2D eigenvalue weighted by Gasteiger charge is 2.10. The van der Waals surface area contributed by atoms with Crippen molar-refractivity contribution in [1.82, 2.24) is 0 Å². The van der Waals surface area contributed by atoms with Gasteiger partial charge in [0, 0.05) is 6.42 Å². The van der Waals surface area contributed by atoms with E-state index in [0.29, 0.717) is 6.29 Å². The zero-order valence-electron chi connectivity index (χ0n) is 4.91. The normalized spacial score (nSPS) is 12.0. The van der Waals surface area contributed by atoms with E-state index < -0.39 is 11.9 Å². The molecule has 0 aliphatic rings. The minimum absolute atomic E-state index is 0.0127. The highest BCUT2D eigenvalue weighted by atomic mass is 16.4. The van der Waals surface area contributed by atoms with E-state index in [4.69, 9.17) is 5.11 Å². The lowest BCUT2D eigenvalue weighted by Gasteiger charge is -1.98. The highest BCUT2D eigenvalue weighted by Crippen LogP contribution is 2.00. The van der Waals surface area contributed by atoms with Gasteiger partial charge in [0.1, 0.15) is 6.29 Å². The van der Waals surface area contributed by atoms with Crippen molar-refractivity contribution in [1.29, 1.82) is 0 Å². The summed E-state index contributed by atoms with van der Waals surface area (Å²) in [5.41, 5.74) is 0. The Kier molecular flexibility index (Phi) is 3.35. The first-order chi connectivity index (χ1) is 4.22. The first kappa shape index (κ1) is 7.88. The quantitative estimate of drug-likeness (QED) is 0.442. The van der Waals surface area contributed by atoms with Crippen LogP contribution in [-0.2, 0) is 9.59 Å². The van der Waals surface area contributed by atoms with E-state index >= 15 is 0 Å². The van der Waals surface area contributed by atoms with Crippen molar-refractivity contribution in [3.05, 3.63) is 12.7 Å². The molecule has 0 fully saturated rings. The molecular formula is C6H8O3. The van der Waals surface area contributed by atoms with Gasteiger partial charge < -0.3 is 9.90 Å². The van der Waals surface area contributed by atoms with Crippen LogP contribution in [0.5, 0.6) is 0 Å². The Morgan fingerprint density at radius 2 is 2.33 bits per heavy atom. The average Bonchev–Trinajstić information content (AvgIpc) is 1.82. The van der Waals surface area contributed by atoms with Crippen molar-refractivity contribution in [3.8, 4) is 0 Å². The average molecular weight is 128 g/mol. The van der Waals surface area contributed by atoms with Gasteiger partial charge in [-0.05, 0) is 0 Å². The maximum Gasteiger partial charge on any atom is 0.310 e. The molecular weight excluding hydrogens is 120 g/mol. The molecule has 1 unspecified atom stereocenters. The fourth-order valence-electron chi connectivity index (χ4n) is 0.402. The van der Waals surface area contributed by atoms with E-state index in [1.54, 1.807) is 0 Å². The molecule has 0 heterocycles.